The van der Waals surface area contributed by atoms with Gasteiger partial charge < -0.3 is 5.11 Å². The molecule has 0 saturated carbocycles. The minimum atomic E-state index is -0.125. The van der Waals surface area contributed by atoms with Gasteiger partial charge in [-0.15, -0.1) is 34.9 Å². The summed E-state index contributed by atoms with van der Waals surface area (Å²) in [5, 5.41) is 9.56. The molecule has 1 N–H and O–H groups in total. The van der Waals surface area contributed by atoms with Crippen LogP contribution in [0.5, 0.6) is 0 Å². The first-order valence-corrected chi connectivity index (χ1v) is 11.0. The molecule has 4 heteroatoms. The smallest absolute Gasteiger partial charge is 0.155 e. The van der Waals surface area contributed by atoms with E-state index in [9.17, 15) is 4.79 Å². The van der Waals surface area contributed by atoms with Crippen LogP contribution in [0.25, 0.3) is 33.3 Å². The van der Waals surface area contributed by atoms with Gasteiger partial charge in [-0.3, -0.25) is 9.78 Å². The summed E-state index contributed by atoms with van der Waals surface area (Å²) in [5.74, 6) is -0.0625. The number of carbonyl (C=O) groups is 1. The minimum Gasteiger partial charge on any atom is -0.512 e. The first-order chi connectivity index (χ1) is 15.6. The Morgan fingerprint density at radius 1 is 0.853 bits per heavy atom. The van der Waals surface area contributed by atoms with E-state index in [4.69, 9.17) is 10.1 Å². The molecular weight excluding hydrogens is 599 g/mol. The number of pyridine rings is 1. The maximum Gasteiger partial charge on any atom is 0.155 e. The zero-order chi connectivity index (χ0) is 24.1. The van der Waals surface area contributed by atoms with Crippen LogP contribution in [0.15, 0.2) is 72.5 Å². The molecule has 1 aromatic heterocycles. The Morgan fingerprint density at radius 2 is 1.50 bits per heavy atom. The maximum atomic E-state index is 10.0. The Balaban J connectivity index is 0.000000449. The van der Waals surface area contributed by atoms with Crippen molar-refractivity contribution in [2.24, 2.45) is 0 Å². The van der Waals surface area contributed by atoms with Gasteiger partial charge in [-0.25, -0.2) is 0 Å². The van der Waals surface area contributed by atoms with Crippen molar-refractivity contribution in [3.05, 3.63) is 101 Å². The number of aliphatic hydroxyl groups excluding tert-OH is 1. The van der Waals surface area contributed by atoms with Gasteiger partial charge in [-0.1, -0.05) is 61.4 Å². The molecule has 0 saturated heterocycles. The number of hydrogen-bond donors (Lipinski definition) is 1. The second-order valence-corrected chi connectivity index (χ2v) is 8.59. The molecule has 0 atom stereocenters. The summed E-state index contributed by atoms with van der Waals surface area (Å²) in [6.45, 7) is 11.3. The van der Waals surface area contributed by atoms with Crippen molar-refractivity contribution in [2.75, 3.05) is 0 Å². The standard InChI is InChI=1S/C25H22N.C5H8O2.Ir/c1-16-5-8-20(9-6-16)22-15-25(21-12-18(3)11-19(4)13-21)26-24-10-7-17(2)14-23(22)24;1-4(6)3-5(2)7;/h5-12,14-15H,1-4H3;3,6H,1-2H3;/q-1;;/b;4-3-;. The minimum absolute atomic E-state index is 0. The zero-order valence-corrected chi connectivity index (χ0v) is 22.9. The molecule has 0 unspecified atom stereocenters. The van der Waals surface area contributed by atoms with Crippen LogP contribution in [0.2, 0.25) is 0 Å². The van der Waals surface area contributed by atoms with Crippen LogP contribution >= 0.6 is 0 Å². The number of ketones is 1. The Bertz CT molecular complexity index is 1310. The Labute approximate surface area is 215 Å². The van der Waals surface area contributed by atoms with Gasteiger partial charge in [-0.05, 0) is 56.6 Å². The number of rotatable bonds is 3. The maximum absolute atomic E-state index is 10.0. The van der Waals surface area contributed by atoms with E-state index in [0.29, 0.717) is 0 Å². The van der Waals surface area contributed by atoms with Crippen molar-refractivity contribution in [1.82, 2.24) is 4.98 Å². The second-order valence-electron chi connectivity index (χ2n) is 8.59. The number of aromatic nitrogens is 1. The first-order valence-electron chi connectivity index (χ1n) is 11.0. The molecule has 177 valence electrons. The molecule has 0 fully saturated rings. The number of carbonyl (C=O) groups excluding carboxylic acids is 1. The fourth-order valence-corrected chi connectivity index (χ4v) is 3.78. The summed E-state index contributed by atoms with van der Waals surface area (Å²) >= 11 is 0. The third-order valence-electron chi connectivity index (χ3n) is 5.16. The van der Waals surface area contributed by atoms with E-state index < -0.39 is 0 Å². The fourth-order valence-electron chi connectivity index (χ4n) is 3.78. The number of hydrogen-bond acceptors (Lipinski definition) is 3. The summed E-state index contributed by atoms with van der Waals surface area (Å²) in [6, 6.07) is 25.2. The van der Waals surface area contributed by atoms with Crippen LogP contribution in [0.1, 0.15) is 36.1 Å². The predicted octanol–water partition coefficient (Wildman–Crippen LogP) is 7.64. The monoisotopic (exact) mass is 629 g/mol. The van der Waals surface area contributed by atoms with Crippen LogP contribution < -0.4 is 0 Å². The van der Waals surface area contributed by atoms with Gasteiger partial charge in [0.25, 0.3) is 0 Å². The summed E-state index contributed by atoms with van der Waals surface area (Å²) in [6.07, 6.45) is 1.17. The van der Waals surface area contributed by atoms with Crippen molar-refractivity contribution in [3.8, 4) is 22.4 Å². The molecule has 3 nitrogen and oxygen atoms in total. The third kappa shape index (κ3) is 7.21. The SMILES string of the molecule is CC(=O)/C=C(/C)O.Cc1[c-]c(-c2cc(-c3ccc(C)cc3)c3cc(C)ccc3n2)cc(C)c1.[Ir]. The molecule has 0 aliphatic heterocycles. The molecule has 0 aliphatic rings. The first kappa shape index (κ1) is 27.2. The van der Waals surface area contributed by atoms with Crippen LogP contribution in [0.3, 0.4) is 0 Å². The van der Waals surface area contributed by atoms with Gasteiger partial charge in [-0.2, -0.15) is 0 Å². The third-order valence-corrected chi connectivity index (χ3v) is 5.16. The molecule has 4 rings (SSSR count). The van der Waals surface area contributed by atoms with Gasteiger partial charge in [0.05, 0.1) is 11.3 Å². The van der Waals surface area contributed by atoms with E-state index in [1.54, 1.807) is 0 Å². The summed E-state index contributed by atoms with van der Waals surface area (Å²) in [7, 11) is 0. The number of benzene rings is 3. The largest absolute Gasteiger partial charge is 0.512 e. The van der Waals surface area contributed by atoms with E-state index in [-0.39, 0.29) is 31.6 Å². The van der Waals surface area contributed by atoms with Crippen molar-refractivity contribution < 1.29 is 30.0 Å². The quantitative estimate of drug-likeness (QED) is 0.144. The van der Waals surface area contributed by atoms with Gasteiger partial charge in [0, 0.05) is 31.6 Å². The van der Waals surface area contributed by atoms with E-state index in [1.807, 2.05) is 0 Å². The van der Waals surface area contributed by atoms with Crippen LogP contribution in [0.4, 0.5) is 0 Å². The van der Waals surface area contributed by atoms with Crippen molar-refractivity contribution >= 4 is 16.7 Å². The van der Waals surface area contributed by atoms with Crippen molar-refractivity contribution in [1.29, 1.82) is 0 Å². The molecule has 34 heavy (non-hydrogen) atoms. The summed E-state index contributed by atoms with van der Waals surface area (Å²) in [5.41, 5.74) is 10.4. The molecule has 4 aromatic rings. The van der Waals surface area contributed by atoms with Gasteiger partial charge >= 0.3 is 0 Å². The Morgan fingerprint density at radius 3 is 2.06 bits per heavy atom. The number of aliphatic hydroxyl groups is 1. The van der Waals surface area contributed by atoms with Crippen LogP contribution in [-0.2, 0) is 24.9 Å². The second kappa shape index (κ2) is 11.9. The molecule has 0 amide bonds. The average molecular weight is 629 g/mol. The number of aryl methyl sites for hydroxylation is 4. The van der Waals surface area contributed by atoms with Crippen LogP contribution in [-0.4, -0.2) is 15.9 Å². The molecule has 0 spiro atoms. The van der Waals surface area contributed by atoms with Crippen LogP contribution in [0, 0.1) is 33.8 Å². The van der Waals surface area contributed by atoms with Crippen molar-refractivity contribution in [3.63, 3.8) is 0 Å². The number of nitrogens with zero attached hydrogens (tertiary/aromatic N) is 1. The van der Waals surface area contributed by atoms with Gasteiger partial charge in [0.15, 0.2) is 5.78 Å². The predicted molar refractivity (Wildman–Crippen MR) is 137 cm³/mol. The molecule has 0 aliphatic carbocycles. The van der Waals surface area contributed by atoms with E-state index in [0.717, 1.165) is 22.3 Å². The zero-order valence-electron chi connectivity index (χ0n) is 20.5. The van der Waals surface area contributed by atoms with E-state index in [1.165, 1.54) is 53.1 Å². The molecule has 0 bridgehead atoms. The number of allylic oxidation sites excluding steroid dienone is 2. The van der Waals surface area contributed by atoms with E-state index >= 15 is 0 Å². The Hall–Kier alpha value is -3.07. The van der Waals surface area contributed by atoms with Gasteiger partial charge in [0.2, 0.25) is 0 Å². The summed E-state index contributed by atoms with van der Waals surface area (Å²) < 4.78 is 0. The molecule has 1 radical (unpaired) electrons. The fraction of sp³-hybridized carbons (Fsp3) is 0.200. The normalized spacial score (nSPS) is 10.8. The number of fused-ring (bicyclic) bond motifs is 1. The molecule has 1 heterocycles. The summed E-state index contributed by atoms with van der Waals surface area (Å²) in [4.78, 5) is 15.0. The topological polar surface area (TPSA) is 50.2 Å². The Kier molecular flexibility index (Phi) is 9.49. The van der Waals surface area contributed by atoms with Gasteiger partial charge in [0.1, 0.15) is 0 Å². The van der Waals surface area contributed by atoms with E-state index in [2.05, 4.69) is 94.4 Å². The average Bonchev–Trinajstić information content (AvgIpc) is 2.72. The molecule has 3 aromatic carbocycles. The van der Waals surface area contributed by atoms with Crippen molar-refractivity contribution in [2.45, 2.75) is 41.5 Å². The molecular formula is C30H30IrNO2-.